The third-order valence-electron chi connectivity index (χ3n) is 5.97. The lowest BCUT2D eigenvalue weighted by molar-refractivity contribution is 0.267. The van der Waals surface area contributed by atoms with Gasteiger partial charge in [0, 0.05) is 44.7 Å². The van der Waals surface area contributed by atoms with E-state index in [0.29, 0.717) is 22.5 Å². The number of rotatable bonds is 8. The lowest BCUT2D eigenvalue weighted by atomic mass is 10.2. The smallest absolute Gasteiger partial charge is 0.225 e. The van der Waals surface area contributed by atoms with Crippen molar-refractivity contribution in [3.63, 3.8) is 0 Å². The Morgan fingerprint density at radius 3 is 2.56 bits per heavy atom. The molecule has 1 saturated heterocycles. The topological polar surface area (TPSA) is 69.5 Å². The number of nitrogens with zero attached hydrogens (tertiary/aromatic N) is 4. The second kappa shape index (κ2) is 10.5. The lowest BCUT2D eigenvalue weighted by Gasteiger charge is -2.36. The number of halogens is 2. The molecule has 1 aliphatic heterocycles. The summed E-state index contributed by atoms with van der Waals surface area (Å²) in [6.07, 6.45) is 1.67. The van der Waals surface area contributed by atoms with E-state index < -0.39 is 0 Å². The Morgan fingerprint density at radius 1 is 0.882 bits per heavy atom. The first-order valence-corrected chi connectivity index (χ1v) is 12.1. The van der Waals surface area contributed by atoms with Crippen LogP contribution in [0, 0.1) is 0 Å². The Kier molecular flexibility index (Phi) is 7.04. The molecule has 5 rings (SSSR count). The fraction of sp³-hybridized carbons (Fsp3) is 0.280. The largest absolute Gasteiger partial charge is 0.467 e. The SMILES string of the molecule is Clc1cccc(N2CCN(CCNc3nc(NCc4ccco4)c4ccccc4n3)CC2)c1Cl. The Labute approximate surface area is 208 Å². The Morgan fingerprint density at radius 2 is 1.74 bits per heavy atom. The van der Waals surface area contributed by atoms with Crippen molar-refractivity contribution in [3.05, 3.63) is 76.7 Å². The summed E-state index contributed by atoms with van der Waals surface area (Å²) < 4.78 is 5.43. The highest BCUT2D eigenvalue weighted by Gasteiger charge is 2.19. The number of para-hydroxylation sites is 1. The van der Waals surface area contributed by atoms with E-state index in [4.69, 9.17) is 37.6 Å². The molecule has 1 aliphatic rings. The van der Waals surface area contributed by atoms with Crippen molar-refractivity contribution in [1.29, 1.82) is 0 Å². The molecule has 2 aromatic heterocycles. The fourth-order valence-corrected chi connectivity index (χ4v) is 4.56. The zero-order chi connectivity index (χ0) is 23.3. The number of hydrogen-bond donors (Lipinski definition) is 2. The van der Waals surface area contributed by atoms with Gasteiger partial charge in [0.1, 0.15) is 11.6 Å². The maximum absolute atomic E-state index is 6.40. The monoisotopic (exact) mass is 496 g/mol. The summed E-state index contributed by atoms with van der Waals surface area (Å²) in [5.41, 5.74) is 1.90. The molecule has 0 aliphatic carbocycles. The summed E-state index contributed by atoms with van der Waals surface area (Å²) in [4.78, 5) is 14.1. The van der Waals surface area contributed by atoms with Gasteiger partial charge in [-0.1, -0.05) is 41.4 Å². The highest BCUT2D eigenvalue weighted by atomic mass is 35.5. The molecule has 176 valence electrons. The Balaban J connectivity index is 1.17. The van der Waals surface area contributed by atoms with E-state index in [1.807, 2.05) is 54.6 Å². The minimum atomic E-state index is 0.564. The number of piperazine rings is 1. The van der Waals surface area contributed by atoms with Gasteiger partial charge in [0.2, 0.25) is 5.95 Å². The minimum Gasteiger partial charge on any atom is -0.467 e. The minimum absolute atomic E-state index is 0.564. The maximum Gasteiger partial charge on any atom is 0.225 e. The van der Waals surface area contributed by atoms with Crippen LogP contribution in [0.25, 0.3) is 10.9 Å². The molecule has 0 unspecified atom stereocenters. The Bertz CT molecular complexity index is 1240. The van der Waals surface area contributed by atoms with Gasteiger partial charge in [0.05, 0.1) is 34.1 Å². The van der Waals surface area contributed by atoms with Crippen LogP contribution in [0.4, 0.5) is 17.5 Å². The summed E-state index contributed by atoms with van der Waals surface area (Å²) in [5, 5.41) is 8.98. The molecule has 2 N–H and O–H groups in total. The van der Waals surface area contributed by atoms with Gasteiger partial charge in [-0.3, -0.25) is 4.90 Å². The van der Waals surface area contributed by atoms with Gasteiger partial charge >= 0.3 is 0 Å². The van der Waals surface area contributed by atoms with Crippen LogP contribution in [0.5, 0.6) is 0 Å². The van der Waals surface area contributed by atoms with Gasteiger partial charge in [-0.2, -0.15) is 4.98 Å². The predicted octanol–water partition coefficient (Wildman–Crippen LogP) is 5.38. The van der Waals surface area contributed by atoms with E-state index in [-0.39, 0.29) is 0 Å². The van der Waals surface area contributed by atoms with Crippen LogP contribution in [-0.4, -0.2) is 54.1 Å². The second-order valence-electron chi connectivity index (χ2n) is 8.17. The summed E-state index contributed by atoms with van der Waals surface area (Å²) >= 11 is 12.6. The van der Waals surface area contributed by atoms with E-state index in [0.717, 1.165) is 67.4 Å². The molecule has 34 heavy (non-hydrogen) atoms. The van der Waals surface area contributed by atoms with Crippen LogP contribution in [-0.2, 0) is 6.54 Å². The third-order valence-corrected chi connectivity index (χ3v) is 6.78. The van der Waals surface area contributed by atoms with Crippen molar-refractivity contribution < 1.29 is 4.42 Å². The molecule has 7 nitrogen and oxygen atoms in total. The standard InChI is InChI=1S/C25H26Cl2N6O/c26-20-7-3-9-22(23(20)27)33-14-12-32(13-15-33)11-10-28-25-30-21-8-2-1-6-19(21)24(31-25)29-17-18-5-4-16-34-18/h1-9,16H,10-15,17H2,(H2,28,29,30,31). The van der Waals surface area contributed by atoms with Crippen LogP contribution < -0.4 is 15.5 Å². The highest BCUT2D eigenvalue weighted by molar-refractivity contribution is 6.43. The number of furan rings is 1. The number of benzene rings is 2. The predicted molar refractivity (Wildman–Crippen MR) is 139 cm³/mol. The van der Waals surface area contributed by atoms with Gasteiger partial charge in [0.15, 0.2) is 0 Å². The molecule has 9 heteroatoms. The van der Waals surface area contributed by atoms with Crippen molar-refractivity contribution in [3.8, 4) is 0 Å². The van der Waals surface area contributed by atoms with Crippen LogP contribution in [0.2, 0.25) is 10.0 Å². The van der Waals surface area contributed by atoms with Gasteiger partial charge < -0.3 is 20.0 Å². The van der Waals surface area contributed by atoms with Crippen LogP contribution in [0.3, 0.4) is 0 Å². The normalized spacial score (nSPS) is 14.5. The summed E-state index contributed by atoms with van der Waals surface area (Å²) in [6, 6.07) is 17.6. The van der Waals surface area contributed by atoms with Gasteiger partial charge in [0.25, 0.3) is 0 Å². The molecule has 0 atom stereocenters. The van der Waals surface area contributed by atoms with Crippen LogP contribution in [0.1, 0.15) is 5.76 Å². The first kappa shape index (κ1) is 22.8. The molecule has 3 heterocycles. The average molecular weight is 497 g/mol. The second-order valence-corrected chi connectivity index (χ2v) is 8.96. The quantitative estimate of drug-likeness (QED) is 0.339. The first-order valence-electron chi connectivity index (χ1n) is 11.4. The van der Waals surface area contributed by atoms with Gasteiger partial charge in [-0.15, -0.1) is 0 Å². The fourth-order valence-electron chi connectivity index (χ4n) is 4.15. The zero-order valence-electron chi connectivity index (χ0n) is 18.7. The summed E-state index contributed by atoms with van der Waals surface area (Å²) in [5.74, 6) is 2.26. The van der Waals surface area contributed by atoms with E-state index in [2.05, 4.69) is 20.4 Å². The zero-order valence-corrected chi connectivity index (χ0v) is 20.2. The maximum atomic E-state index is 6.40. The molecule has 4 aromatic rings. The van der Waals surface area contributed by atoms with Gasteiger partial charge in [-0.05, 0) is 36.4 Å². The van der Waals surface area contributed by atoms with Crippen LogP contribution >= 0.6 is 23.2 Å². The molecular weight excluding hydrogens is 471 g/mol. The Hall–Kier alpha value is -3.00. The molecule has 1 fully saturated rings. The van der Waals surface area contributed by atoms with Crippen molar-refractivity contribution in [2.75, 3.05) is 54.8 Å². The molecule has 0 spiro atoms. The van der Waals surface area contributed by atoms with Crippen molar-refractivity contribution in [1.82, 2.24) is 14.9 Å². The molecule has 0 bridgehead atoms. The molecule has 0 amide bonds. The molecule has 0 radical (unpaired) electrons. The number of fused-ring (bicyclic) bond motifs is 1. The van der Waals surface area contributed by atoms with Crippen molar-refractivity contribution in [2.45, 2.75) is 6.54 Å². The highest BCUT2D eigenvalue weighted by Crippen LogP contribution is 2.32. The van der Waals surface area contributed by atoms with E-state index in [1.165, 1.54) is 0 Å². The van der Waals surface area contributed by atoms with E-state index in [1.54, 1.807) is 6.26 Å². The third kappa shape index (κ3) is 5.22. The molecular formula is C25H26Cl2N6O. The molecule has 2 aromatic carbocycles. The molecule has 0 saturated carbocycles. The summed E-state index contributed by atoms with van der Waals surface area (Å²) in [6.45, 7) is 5.96. The van der Waals surface area contributed by atoms with E-state index >= 15 is 0 Å². The average Bonchev–Trinajstić information content (AvgIpc) is 3.39. The van der Waals surface area contributed by atoms with E-state index in [9.17, 15) is 0 Å². The number of aromatic nitrogens is 2. The number of anilines is 3. The lowest BCUT2D eigenvalue weighted by Crippen LogP contribution is -2.47. The van der Waals surface area contributed by atoms with Crippen molar-refractivity contribution in [2.24, 2.45) is 0 Å². The summed E-state index contributed by atoms with van der Waals surface area (Å²) in [7, 11) is 0. The number of nitrogens with one attached hydrogen (secondary N) is 2. The van der Waals surface area contributed by atoms with Crippen LogP contribution in [0.15, 0.2) is 65.3 Å². The van der Waals surface area contributed by atoms with Gasteiger partial charge in [-0.25, -0.2) is 4.98 Å². The first-order chi connectivity index (χ1) is 16.7. The number of hydrogen-bond acceptors (Lipinski definition) is 7. The van der Waals surface area contributed by atoms with Crippen molar-refractivity contribution >= 4 is 51.6 Å².